The summed E-state index contributed by atoms with van der Waals surface area (Å²) in [7, 11) is 0. The fourth-order valence-corrected chi connectivity index (χ4v) is 1.95. The number of anilines is 1. The minimum Gasteiger partial charge on any atom is -0.382 e. The monoisotopic (exact) mass is 224 g/mol. The first-order valence-electron chi connectivity index (χ1n) is 5.41. The Balaban J connectivity index is 2.21. The second-order valence-corrected chi connectivity index (χ2v) is 4.00. The third-order valence-electron chi connectivity index (χ3n) is 2.74. The minimum atomic E-state index is 0.536. The van der Waals surface area contributed by atoms with E-state index in [0.717, 1.165) is 22.3 Å². The van der Waals surface area contributed by atoms with Crippen molar-refractivity contribution in [2.75, 3.05) is 5.73 Å². The molecule has 3 aromatic rings. The molecule has 2 heterocycles. The molecular weight excluding hydrogens is 212 g/mol. The van der Waals surface area contributed by atoms with E-state index in [-0.39, 0.29) is 0 Å². The van der Waals surface area contributed by atoms with Gasteiger partial charge in [0, 0.05) is 23.3 Å². The van der Waals surface area contributed by atoms with Gasteiger partial charge in [0.05, 0.1) is 11.2 Å². The van der Waals surface area contributed by atoms with Crippen LogP contribution in [0.1, 0.15) is 5.69 Å². The van der Waals surface area contributed by atoms with Crippen LogP contribution in [0, 0.1) is 6.92 Å². The van der Waals surface area contributed by atoms with Crippen LogP contribution in [0.25, 0.3) is 16.6 Å². The molecule has 1 aromatic carbocycles. The lowest BCUT2D eigenvalue weighted by Gasteiger charge is -2.05. The SMILES string of the molecule is Cc1cc(N)nn1-c1ccc2ncccc2c1. The Labute approximate surface area is 98.7 Å². The van der Waals surface area contributed by atoms with Crippen LogP contribution >= 0.6 is 0 Å². The number of nitrogen functional groups attached to an aromatic ring is 1. The van der Waals surface area contributed by atoms with Gasteiger partial charge in [0.2, 0.25) is 0 Å². The highest BCUT2D eigenvalue weighted by atomic mass is 15.3. The molecule has 4 heteroatoms. The van der Waals surface area contributed by atoms with Crippen molar-refractivity contribution in [2.45, 2.75) is 6.92 Å². The average Bonchev–Trinajstić information content (AvgIpc) is 2.68. The summed E-state index contributed by atoms with van der Waals surface area (Å²) in [6, 6.07) is 11.9. The summed E-state index contributed by atoms with van der Waals surface area (Å²) in [6.07, 6.45) is 1.79. The van der Waals surface area contributed by atoms with Crippen LogP contribution in [0.15, 0.2) is 42.6 Å². The predicted octanol–water partition coefficient (Wildman–Crippen LogP) is 2.31. The van der Waals surface area contributed by atoms with E-state index in [2.05, 4.69) is 16.1 Å². The molecule has 3 rings (SSSR count). The van der Waals surface area contributed by atoms with Crippen LogP contribution < -0.4 is 5.73 Å². The van der Waals surface area contributed by atoms with Gasteiger partial charge < -0.3 is 5.73 Å². The van der Waals surface area contributed by atoms with Crippen LogP contribution in [0.5, 0.6) is 0 Å². The number of fused-ring (bicyclic) bond motifs is 1. The fourth-order valence-electron chi connectivity index (χ4n) is 1.95. The zero-order valence-corrected chi connectivity index (χ0v) is 9.46. The second kappa shape index (κ2) is 3.59. The normalized spacial score (nSPS) is 10.9. The molecule has 0 spiro atoms. The van der Waals surface area contributed by atoms with Gasteiger partial charge in [-0.25, -0.2) is 4.68 Å². The van der Waals surface area contributed by atoms with Crippen LogP contribution in [0.3, 0.4) is 0 Å². The van der Waals surface area contributed by atoms with E-state index < -0.39 is 0 Å². The van der Waals surface area contributed by atoms with Crippen molar-refractivity contribution >= 4 is 16.7 Å². The summed E-state index contributed by atoms with van der Waals surface area (Å²) in [4.78, 5) is 4.29. The molecule has 2 N–H and O–H groups in total. The van der Waals surface area contributed by atoms with Gasteiger partial charge in [-0.05, 0) is 31.2 Å². The zero-order chi connectivity index (χ0) is 11.8. The number of benzene rings is 1. The largest absolute Gasteiger partial charge is 0.382 e. The van der Waals surface area contributed by atoms with Crippen molar-refractivity contribution in [3.8, 4) is 5.69 Å². The standard InChI is InChI=1S/C13H12N4/c1-9-7-13(14)16-17(9)11-4-5-12-10(8-11)3-2-6-15-12/h2-8H,1H3,(H2,14,16). The third kappa shape index (κ3) is 1.63. The number of rotatable bonds is 1. The topological polar surface area (TPSA) is 56.7 Å². The number of aryl methyl sites for hydroxylation is 1. The maximum Gasteiger partial charge on any atom is 0.146 e. The Hall–Kier alpha value is -2.36. The lowest BCUT2D eigenvalue weighted by molar-refractivity contribution is 0.853. The Morgan fingerprint density at radius 3 is 2.82 bits per heavy atom. The molecule has 0 atom stereocenters. The van der Waals surface area contributed by atoms with Crippen molar-refractivity contribution < 1.29 is 0 Å². The Morgan fingerprint density at radius 1 is 1.18 bits per heavy atom. The number of nitrogens with zero attached hydrogens (tertiary/aromatic N) is 3. The smallest absolute Gasteiger partial charge is 0.146 e. The molecule has 0 amide bonds. The summed E-state index contributed by atoms with van der Waals surface area (Å²) in [5, 5.41) is 5.36. The molecule has 0 unspecified atom stereocenters. The molecule has 84 valence electrons. The average molecular weight is 224 g/mol. The predicted molar refractivity (Wildman–Crippen MR) is 68.0 cm³/mol. The highest BCUT2D eigenvalue weighted by Crippen LogP contribution is 2.18. The van der Waals surface area contributed by atoms with Crippen molar-refractivity contribution in [1.82, 2.24) is 14.8 Å². The van der Waals surface area contributed by atoms with Crippen molar-refractivity contribution in [3.05, 3.63) is 48.3 Å². The summed E-state index contributed by atoms with van der Waals surface area (Å²) in [5.41, 5.74) is 8.68. The third-order valence-corrected chi connectivity index (χ3v) is 2.74. The minimum absolute atomic E-state index is 0.536. The number of hydrogen-bond donors (Lipinski definition) is 1. The highest BCUT2D eigenvalue weighted by molar-refractivity contribution is 5.80. The van der Waals surface area contributed by atoms with E-state index in [0.29, 0.717) is 5.82 Å². The van der Waals surface area contributed by atoms with Gasteiger partial charge in [-0.3, -0.25) is 4.98 Å². The Morgan fingerprint density at radius 2 is 2.06 bits per heavy atom. The van der Waals surface area contributed by atoms with Gasteiger partial charge in [0.15, 0.2) is 0 Å². The lowest BCUT2D eigenvalue weighted by atomic mass is 10.2. The summed E-state index contributed by atoms with van der Waals surface area (Å²) in [5.74, 6) is 0.536. The molecule has 0 saturated carbocycles. The first-order chi connectivity index (χ1) is 8.24. The molecule has 0 fully saturated rings. The molecule has 4 nitrogen and oxygen atoms in total. The summed E-state index contributed by atoms with van der Waals surface area (Å²) < 4.78 is 1.84. The molecule has 0 radical (unpaired) electrons. The summed E-state index contributed by atoms with van der Waals surface area (Å²) >= 11 is 0. The Kier molecular flexibility index (Phi) is 2.08. The molecule has 2 aromatic heterocycles. The van der Waals surface area contributed by atoms with Crippen LogP contribution in [0.4, 0.5) is 5.82 Å². The zero-order valence-electron chi connectivity index (χ0n) is 9.46. The molecule has 0 aliphatic heterocycles. The second-order valence-electron chi connectivity index (χ2n) is 4.00. The van der Waals surface area contributed by atoms with E-state index in [1.807, 2.05) is 41.9 Å². The molecule has 0 saturated heterocycles. The van der Waals surface area contributed by atoms with Gasteiger partial charge in [-0.15, -0.1) is 0 Å². The quantitative estimate of drug-likeness (QED) is 0.690. The molecular formula is C13H12N4. The van der Waals surface area contributed by atoms with Gasteiger partial charge in [-0.2, -0.15) is 5.10 Å². The van der Waals surface area contributed by atoms with Crippen LogP contribution in [-0.2, 0) is 0 Å². The lowest BCUT2D eigenvalue weighted by Crippen LogP contribution is -1.99. The van der Waals surface area contributed by atoms with Gasteiger partial charge in [-0.1, -0.05) is 6.07 Å². The molecule has 0 aliphatic carbocycles. The first kappa shape index (κ1) is 9.84. The molecule has 17 heavy (non-hydrogen) atoms. The number of aromatic nitrogens is 3. The number of pyridine rings is 1. The van der Waals surface area contributed by atoms with Gasteiger partial charge in [0.1, 0.15) is 5.82 Å². The highest BCUT2D eigenvalue weighted by Gasteiger charge is 2.04. The fraction of sp³-hybridized carbons (Fsp3) is 0.0769. The van der Waals surface area contributed by atoms with Gasteiger partial charge in [0.25, 0.3) is 0 Å². The van der Waals surface area contributed by atoms with Crippen LogP contribution in [-0.4, -0.2) is 14.8 Å². The van der Waals surface area contributed by atoms with Crippen molar-refractivity contribution in [2.24, 2.45) is 0 Å². The van der Waals surface area contributed by atoms with E-state index in [1.54, 1.807) is 6.20 Å². The van der Waals surface area contributed by atoms with E-state index in [1.165, 1.54) is 0 Å². The van der Waals surface area contributed by atoms with Crippen molar-refractivity contribution in [1.29, 1.82) is 0 Å². The van der Waals surface area contributed by atoms with E-state index in [4.69, 9.17) is 5.73 Å². The maximum absolute atomic E-state index is 5.69. The van der Waals surface area contributed by atoms with Gasteiger partial charge >= 0.3 is 0 Å². The molecule has 0 bridgehead atoms. The maximum atomic E-state index is 5.69. The first-order valence-corrected chi connectivity index (χ1v) is 5.41. The summed E-state index contributed by atoms with van der Waals surface area (Å²) in [6.45, 7) is 1.98. The van der Waals surface area contributed by atoms with Crippen LogP contribution in [0.2, 0.25) is 0 Å². The Bertz CT molecular complexity index is 685. The number of hydrogen-bond acceptors (Lipinski definition) is 3. The van der Waals surface area contributed by atoms with E-state index in [9.17, 15) is 0 Å². The van der Waals surface area contributed by atoms with Crippen molar-refractivity contribution in [3.63, 3.8) is 0 Å². The molecule has 0 aliphatic rings. The number of nitrogens with two attached hydrogens (primary N) is 1. The van der Waals surface area contributed by atoms with E-state index >= 15 is 0 Å².